The summed E-state index contributed by atoms with van der Waals surface area (Å²) in [5.74, 6) is 0. The summed E-state index contributed by atoms with van der Waals surface area (Å²) in [5.41, 5.74) is 0. The molecule has 2 aromatic rings. The van der Waals surface area contributed by atoms with Gasteiger partial charge < -0.3 is 0 Å². The van der Waals surface area contributed by atoms with Crippen molar-refractivity contribution in [2.45, 2.75) is 0 Å². The summed E-state index contributed by atoms with van der Waals surface area (Å²) >= 11 is 0. The second-order valence-corrected chi connectivity index (χ2v) is 6.53. The summed E-state index contributed by atoms with van der Waals surface area (Å²) in [6, 6.07) is 0. The van der Waals surface area contributed by atoms with Crippen LogP contribution in [-0.2, 0) is 4.94 Å². The van der Waals surface area contributed by atoms with Gasteiger partial charge in [0.1, 0.15) is 17.0 Å². The van der Waals surface area contributed by atoms with Crippen LogP contribution in [0.25, 0.3) is 0 Å². The lowest BCUT2D eigenvalue weighted by Crippen LogP contribution is -2.06. The Bertz CT molecular complexity index is 242. The average Bonchev–Trinajstić information content (AvgIpc) is 1.79. The molecule has 2 atom stereocenters. The van der Waals surface area contributed by atoms with E-state index in [0.29, 0.717) is 0 Å². The van der Waals surface area contributed by atoms with Gasteiger partial charge in [0.25, 0.3) is 0 Å². The van der Waals surface area contributed by atoms with Crippen molar-refractivity contribution in [3.8, 4) is 0 Å². The molecule has 0 aromatic carbocycles. The number of nitrogens with zero attached hydrogens (tertiary/aromatic N) is 2. The molecule has 11 heteroatoms. The first-order valence-electron chi connectivity index (χ1n) is 2.55. The second kappa shape index (κ2) is 3.79. The molecule has 0 fully saturated rings. The minimum atomic E-state index is -0.643. The molecule has 0 aliphatic rings. The van der Waals surface area contributed by atoms with Gasteiger partial charge in [-0.2, -0.15) is 14.0 Å². The normalized spacial score (nSPS) is 15.6. The van der Waals surface area contributed by atoms with E-state index >= 15 is 0 Å². The molecule has 0 amide bonds. The van der Waals surface area contributed by atoms with Crippen molar-refractivity contribution in [2.24, 2.45) is 0 Å². The zero-order valence-electron chi connectivity index (χ0n) is 5.09. The second-order valence-electron chi connectivity index (χ2n) is 1.49. The third-order valence-electron chi connectivity index (χ3n) is 0.811. The summed E-state index contributed by atoms with van der Waals surface area (Å²) in [5, 5.41) is 5.40. The lowest BCUT2D eigenvalue weighted by atomic mass is 13.2. The molecule has 60 valence electrons. The number of hydrogen-bond acceptors (Lipinski definition) is 5. The molecule has 11 heavy (non-hydrogen) atoms. The molecule has 2 heterocycles. The summed E-state index contributed by atoms with van der Waals surface area (Å²) in [6.07, 6.45) is 0. The first kappa shape index (κ1) is 7.90. The van der Waals surface area contributed by atoms with Crippen LogP contribution in [0.5, 0.6) is 0 Å². The van der Waals surface area contributed by atoms with Gasteiger partial charge in [-0.3, -0.25) is 9.02 Å². The van der Waals surface area contributed by atoms with Crippen molar-refractivity contribution in [1.82, 2.24) is 18.0 Å². The van der Waals surface area contributed by atoms with Crippen LogP contribution < -0.4 is 10.5 Å². The van der Waals surface area contributed by atoms with Gasteiger partial charge in [0.2, 0.25) is 0 Å². The standard InChI is InChI=1S/H4N6OP4/c1(10-3-8-4-10)7-2-11-5-9-6-11/h1-2H,(H,3,4)(H,5,6). The maximum Gasteiger partial charge on any atom is 0.158 e. The first-order chi connectivity index (χ1) is 5.45. The maximum atomic E-state index is 4.88. The molecule has 0 radical (unpaired) electrons. The molecular formula is H4N6OP4. The lowest BCUT2D eigenvalue weighted by Gasteiger charge is -2.06. The van der Waals surface area contributed by atoms with E-state index in [1.54, 1.807) is 0 Å². The third-order valence-corrected chi connectivity index (χ3v) is 5.72. The predicted molar refractivity (Wildman–Crippen MR) is 47.4 cm³/mol. The Morgan fingerprint density at radius 3 is 1.82 bits per heavy atom. The topological polar surface area (TPSA) is 90.7 Å². The Morgan fingerprint density at radius 2 is 1.55 bits per heavy atom. The van der Waals surface area contributed by atoms with Crippen LogP contribution in [0.4, 0.5) is 0 Å². The van der Waals surface area contributed by atoms with Gasteiger partial charge in [-0.1, -0.05) is 0 Å². The molecule has 0 spiro atoms. The van der Waals surface area contributed by atoms with Crippen LogP contribution in [0.15, 0.2) is 0 Å². The number of nitrogens with one attached hydrogen (secondary N) is 4. The fraction of sp³-hybridized carbons (Fsp3) is 0. The SMILES string of the molecule is n1p[nH]p1NONp1np[nH]1. The molecule has 0 saturated carbocycles. The highest BCUT2D eigenvalue weighted by atomic mass is 31.2. The Balaban J connectivity index is 1.65. The van der Waals surface area contributed by atoms with Crippen LogP contribution >= 0.6 is 33.0 Å². The van der Waals surface area contributed by atoms with Crippen molar-refractivity contribution >= 4 is 33.0 Å². The van der Waals surface area contributed by atoms with E-state index < -0.39 is 16.0 Å². The highest BCUT2D eigenvalue weighted by Gasteiger charge is 1.97. The molecule has 0 saturated heterocycles. The molecule has 2 unspecified atom stereocenters. The number of aromatic amines is 2. The Labute approximate surface area is 67.2 Å². The fourth-order valence-corrected chi connectivity index (χ4v) is 2.75. The average molecular weight is 228 g/mol. The van der Waals surface area contributed by atoms with E-state index in [-0.39, 0.29) is 0 Å². The zero-order valence-corrected chi connectivity index (χ0v) is 8.67. The lowest BCUT2D eigenvalue weighted by molar-refractivity contribution is 0.296. The molecule has 0 aliphatic heterocycles. The van der Waals surface area contributed by atoms with E-state index in [1.807, 2.05) is 0 Å². The fourth-order valence-electron chi connectivity index (χ4n) is 0.363. The van der Waals surface area contributed by atoms with Gasteiger partial charge >= 0.3 is 0 Å². The molecule has 2 rings (SSSR count). The van der Waals surface area contributed by atoms with Crippen LogP contribution in [0.2, 0.25) is 0 Å². The van der Waals surface area contributed by atoms with Gasteiger partial charge in [-0.05, 0) is 0 Å². The number of H-pyrrole nitrogens is 2. The van der Waals surface area contributed by atoms with E-state index in [0.717, 1.165) is 17.0 Å². The first-order valence-corrected chi connectivity index (χ1v) is 6.83. The zero-order chi connectivity index (χ0) is 7.52. The van der Waals surface area contributed by atoms with Crippen molar-refractivity contribution < 1.29 is 4.94 Å². The van der Waals surface area contributed by atoms with Crippen molar-refractivity contribution in [1.29, 1.82) is 0 Å². The molecule has 0 aliphatic carbocycles. The summed E-state index contributed by atoms with van der Waals surface area (Å²) in [4.78, 5) is 4.88. The van der Waals surface area contributed by atoms with Gasteiger partial charge in [-0.25, -0.2) is 0 Å². The molecule has 0 bridgehead atoms. The quantitative estimate of drug-likeness (QED) is 0.600. The van der Waals surface area contributed by atoms with E-state index in [1.165, 1.54) is 0 Å². The summed E-state index contributed by atoms with van der Waals surface area (Å²) in [6.45, 7) is 0. The summed E-state index contributed by atoms with van der Waals surface area (Å²) in [7, 11) is 0.556. The van der Waals surface area contributed by atoms with Crippen LogP contribution in [0.3, 0.4) is 0 Å². The van der Waals surface area contributed by atoms with Gasteiger partial charge in [0, 0.05) is 0 Å². The predicted octanol–water partition coefficient (Wildman–Crippen LogP) is 1.90. The number of aromatic nitrogens is 4. The Kier molecular flexibility index (Phi) is 2.72. The van der Waals surface area contributed by atoms with Crippen molar-refractivity contribution in [3.05, 3.63) is 0 Å². The van der Waals surface area contributed by atoms with Crippen LogP contribution in [-0.4, -0.2) is 18.0 Å². The van der Waals surface area contributed by atoms with E-state index in [4.69, 9.17) is 4.94 Å². The number of rotatable bonds is 4. The largest absolute Gasteiger partial charge is 0.284 e. The minimum absolute atomic E-state index is 0.643. The van der Waals surface area contributed by atoms with E-state index in [9.17, 15) is 0 Å². The monoisotopic (exact) mass is 228 g/mol. The number of hydrogen-bond donors (Lipinski definition) is 4. The molecular weight excluding hydrogens is 224 g/mol. The summed E-state index contributed by atoms with van der Waals surface area (Å²) < 4.78 is 14.0. The molecule has 7 nitrogen and oxygen atoms in total. The third kappa shape index (κ3) is 2.11. The van der Waals surface area contributed by atoms with Gasteiger partial charge in [0.05, 0.1) is 0 Å². The Hall–Kier alpha value is 0.280. The van der Waals surface area contributed by atoms with Gasteiger partial charge in [-0.15, -0.1) is 10.5 Å². The van der Waals surface area contributed by atoms with E-state index in [2.05, 4.69) is 28.5 Å². The van der Waals surface area contributed by atoms with Crippen LogP contribution in [0.1, 0.15) is 0 Å². The smallest absolute Gasteiger partial charge is 0.158 e. The van der Waals surface area contributed by atoms with Crippen LogP contribution in [0, 0.1) is 0 Å². The van der Waals surface area contributed by atoms with Crippen molar-refractivity contribution in [3.63, 3.8) is 0 Å². The minimum Gasteiger partial charge on any atom is -0.284 e. The highest BCUT2D eigenvalue weighted by Crippen LogP contribution is 2.24. The highest BCUT2D eigenvalue weighted by molar-refractivity contribution is 7.57. The van der Waals surface area contributed by atoms with Crippen molar-refractivity contribution in [2.75, 3.05) is 10.5 Å². The Morgan fingerprint density at radius 1 is 1.09 bits per heavy atom. The molecule has 2 aromatic heterocycles. The maximum absolute atomic E-state index is 4.88. The molecule has 4 N–H and O–H groups in total. The van der Waals surface area contributed by atoms with Gasteiger partial charge in [0.15, 0.2) is 16.0 Å².